The van der Waals surface area contributed by atoms with E-state index < -0.39 is 0 Å². The smallest absolute Gasteiger partial charge is 0.0239 e. The fourth-order valence-electron chi connectivity index (χ4n) is 4.32. The summed E-state index contributed by atoms with van der Waals surface area (Å²) in [5, 5.41) is 0. The molecule has 0 saturated heterocycles. The molecule has 0 heterocycles. The van der Waals surface area contributed by atoms with Crippen molar-refractivity contribution in [3.63, 3.8) is 0 Å². The van der Waals surface area contributed by atoms with E-state index in [1.54, 1.807) is 0 Å². The van der Waals surface area contributed by atoms with E-state index in [1.807, 2.05) is 0 Å². The first kappa shape index (κ1) is 15.3. The van der Waals surface area contributed by atoms with Gasteiger partial charge in [-0.3, -0.25) is 11.3 Å². The summed E-state index contributed by atoms with van der Waals surface area (Å²) >= 11 is 0. The summed E-state index contributed by atoms with van der Waals surface area (Å²) in [5.41, 5.74) is 3.57. The Morgan fingerprint density at radius 1 is 1.05 bits per heavy atom. The van der Waals surface area contributed by atoms with Crippen molar-refractivity contribution < 1.29 is 0 Å². The molecule has 2 aliphatic rings. The topological polar surface area (TPSA) is 38.0 Å². The van der Waals surface area contributed by atoms with E-state index >= 15 is 0 Å². The SMILES string of the molecule is CC(C)(C)CCC(NN)C1CCC2CCCCC2C1. The second kappa shape index (κ2) is 6.58. The van der Waals surface area contributed by atoms with Crippen LogP contribution in [-0.4, -0.2) is 6.04 Å². The first-order chi connectivity index (χ1) is 8.99. The molecule has 112 valence electrons. The largest absolute Gasteiger partial charge is 0.271 e. The van der Waals surface area contributed by atoms with Gasteiger partial charge in [0.15, 0.2) is 0 Å². The summed E-state index contributed by atoms with van der Waals surface area (Å²) in [6.07, 6.45) is 12.7. The summed E-state index contributed by atoms with van der Waals surface area (Å²) in [4.78, 5) is 0. The van der Waals surface area contributed by atoms with Crippen LogP contribution in [0.5, 0.6) is 0 Å². The molecule has 2 rings (SSSR count). The number of fused-ring (bicyclic) bond motifs is 1. The van der Waals surface area contributed by atoms with Gasteiger partial charge in [-0.15, -0.1) is 0 Å². The summed E-state index contributed by atoms with van der Waals surface area (Å²) in [6.45, 7) is 7.00. The van der Waals surface area contributed by atoms with Gasteiger partial charge in [0.05, 0.1) is 0 Å². The maximum atomic E-state index is 5.85. The number of rotatable bonds is 4. The first-order valence-corrected chi connectivity index (χ1v) is 8.46. The first-order valence-electron chi connectivity index (χ1n) is 8.46. The third kappa shape index (κ3) is 4.46. The van der Waals surface area contributed by atoms with Gasteiger partial charge < -0.3 is 0 Å². The number of hydrazine groups is 1. The van der Waals surface area contributed by atoms with E-state index in [-0.39, 0.29) is 0 Å². The molecule has 2 fully saturated rings. The van der Waals surface area contributed by atoms with Gasteiger partial charge in [0, 0.05) is 6.04 Å². The molecule has 3 N–H and O–H groups in total. The second-order valence-electron chi connectivity index (χ2n) is 8.25. The van der Waals surface area contributed by atoms with Crippen LogP contribution < -0.4 is 11.3 Å². The Kier molecular flexibility index (Phi) is 5.30. The zero-order chi connectivity index (χ0) is 13.9. The van der Waals surface area contributed by atoms with Gasteiger partial charge in [0.2, 0.25) is 0 Å². The van der Waals surface area contributed by atoms with Crippen LogP contribution in [0, 0.1) is 23.2 Å². The van der Waals surface area contributed by atoms with E-state index in [0.717, 1.165) is 17.8 Å². The molecule has 4 atom stereocenters. The van der Waals surface area contributed by atoms with Crippen molar-refractivity contribution in [2.24, 2.45) is 29.0 Å². The molecule has 0 aromatic heterocycles. The minimum Gasteiger partial charge on any atom is -0.271 e. The normalized spacial score (nSPS) is 33.8. The molecule has 0 amide bonds. The predicted octanol–water partition coefficient (Wildman–Crippen LogP) is 4.25. The van der Waals surface area contributed by atoms with Crippen molar-refractivity contribution >= 4 is 0 Å². The molecule has 0 spiro atoms. The zero-order valence-corrected chi connectivity index (χ0v) is 13.3. The van der Waals surface area contributed by atoms with E-state index in [1.165, 1.54) is 57.8 Å². The molecule has 2 aliphatic carbocycles. The van der Waals surface area contributed by atoms with Crippen LogP contribution in [0.25, 0.3) is 0 Å². The van der Waals surface area contributed by atoms with Crippen molar-refractivity contribution in [1.29, 1.82) is 0 Å². The molecular formula is C17H34N2. The van der Waals surface area contributed by atoms with E-state index in [9.17, 15) is 0 Å². The Morgan fingerprint density at radius 3 is 2.37 bits per heavy atom. The standard InChI is InChI=1S/C17H34N2/c1-17(2,3)11-10-16(19-18)15-9-8-13-6-4-5-7-14(13)12-15/h13-16,19H,4-12,18H2,1-3H3. The quantitative estimate of drug-likeness (QED) is 0.589. The lowest BCUT2D eigenvalue weighted by Crippen LogP contribution is -2.44. The summed E-state index contributed by atoms with van der Waals surface area (Å²) in [5.74, 6) is 8.74. The molecule has 0 radical (unpaired) electrons. The molecule has 2 heteroatoms. The van der Waals surface area contributed by atoms with Gasteiger partial charge in [0.25, 0.3) is 0 Å². The zero-order valence-electron chi connectivity index (χ0n) is 13.3. The fourth-order valence-corrected chi connectivity index (χ4v) is 4.32. The molecule has 4 unspecified atom stereocenters. The van der Waals surface area contributed by atoms with Gasteiger partial charge in [-0.2, -0.15) is 0 Å². The summed E-state index contributed by atoms with van der Waals surface area (Å²) < 4.78 is 0. The Labute approximate surface area is 119 Å². The summed E-state index contributed by atoms with van der Waals surface area (Å²) in [6, 6.07) is 0.544. The molecule has 0 aliphatic heterocycles. The molecule has 0 aromatic carbocycles. The second-order valence-corrected chi connectivity index (χ2v) is 8.25. The highest BCUT2D eigenvalue weighted by molar-refractivity contribution is 4.88. The molecule has 0 bridgehead atoms. The van der Waals surface area contributed by atoms with Gasteiger partial charge >= 0.3 is 0 Å². The average Bonchev–Trinajstić information content (AvgIpc) is 2.38. The van der Waals surface area contributed by atoms with E-state index in [2.05, 4.69) is 26.2 Å². The Hall–Kier alpha value is -0.0800. The molecule has 19 heavy (non-hydrogen) atoms. The van der Waals surface area contributed by atoms with Crippen molar-refractivity contribution in [3.8, 4) is 0 Å². The van der Waals surface area contributed by atoms with Crippen molar-refractivity contribution in [1.82, 2.24) is 5.43 Å². The number of hydrogen-bond donors (Lipinski definition) is 2. The van der Waals surface area contributed by atoms with Crippen LogP contribution in [0.2, 0.25) is 0 Å². The minimum absolute atomic E-state index is 0.428. The van der Waals surface area contributed by atoms with Crippen LogP contribution in [-0.2, 0) is 0 Å². The highest BCUT2D eigenvalue weighted by Crippen LogP contribution is 2.44. The highest BCUT2D eigenvalue weighted by atomic mass is 15.2. The van der Waals surface area contributed by atoms with Crippen molar-refractivity contribution in [2.45, 2.75) is 84.6 Å². The Morgan fingerprint density at radius 2 is 1.74 bits per heavy atom. The van der Waals surface area contributed by atoms with Crippen LogP contribution in [0.1, 0.15) is 78.6 Å². The van der Waals surface area contributed by atoms with E-state index in [0.29, 0.717) is 11.5 Å². The molecule has 0 aromatic rings. The van der Waals surface area contributed by atoms with Gasteiger partial charge in [0.1, 0.15) is 0 Å². The van der Waals surface area contributed by atoms with Crippen LogP contribution in [0.3, 0.4) is 0 Å². The van der Waals surface area contributed by atoms with Gasteiger partial charge in [-0.1, -0.05) is 46.5 Å². The van der Waals surface area contributed by atoms with E-state index in [4.69, 9.17) is 5.84 Å². The number of hydrogen-bond acceptors (Lipinski definition) is 2. The number of nitrogens with two attached hydrogens (primary N) is 1. The molecular weight excluding hydrogens is 232 g/mol. The monoisotopic (exact) mass is 266 g/mol. The minimum atomic E-state index is 0.428. The molecule has 2 nitrogen and oxygen atoms in total. The van der Waals surface area contributed by atoms with Crippen LogP contribution >= 0.6 is 0 Å². The average molecular weight is 266 g/mol. The lowest BCUT2D eigenvalue weighted by Gasteiger charge is -2.42. The van der Waals surface area contributed by atoms with Gasteiger partial charge in [-0.25, -0.2) is 0 Å². The lowest BCUT2D eigenvalue weighted by atomic mass is 9.65. The maximum absolute atomic E-state index is 5.85. The number of nitrogens with one attached hydrogen (secondary N) is 1. The van der Waals surface area contributed by atoms with Gasteiger partial charge in [-0.05, 0) is 55.3 Å². The summed E-state index contributed by atoms with van der Waals surface area (Å²) in [7, 11) is 0. The fraction of sp³-hybridized carbons (Fsp3) is 1.00. The van der Waals surface area contributed by atoms with Crippen LogP contribution in [0.4, 0.5) is 0 Å². The molecule has 2 saturated carbocycles. The lowest BCUT2D eigenvalue weighted by molar-refractivity contribution is 0.104. The Bertz CT molecular complexity index is 269. The third-order valence-electron chi connectivity index (χ3n) is 5.57. The van der Waals surface area contributed by atoms with Crippen molar-refractivity contribution in [2.75, 3.05) is 0 Å². The third-order valence-corrected chi connectivity index (χ3v) is 5.57. The Balaban J connectivity index is 1.85. The van der Waals surface area contributed by atoms with Crippen LogP contribution in [0.15, 0.2) is 0 Å². The predicted molar refractivity (Wildman–Crippen MR) is 82.6 cm³/mol. The maximum Gasteiger partial charge on any atom is 0.0239 e. The van der Waals surface area contributed by atoms with Crippen molar-refractivity contribution in [3.05, 3.63) is 0 Å². The highest BCUT2D eigenvalue weighted by Gasteiger charge is 2.35.